The summed E-state index contributed by atoms with van der Waals surface area (Å²) in [6, 6.07) is 4.62. The number of rotatable bonds is 3. The van der Waals surface area contributed by atoms with Crippen molar-refractivity contribution in [2.45, 2.75) is 12.6 Å². The summed E-state index contributed by atoms with van der Waals surface area (Å²) >= 11 is 6.22. The van der Waals surface area contributed by atoms with Crippen LogP contribution in [0.2, 0.25) is 5.02 Å². The number of hydrogen-bond donors (Lipinski definition) is 2. The summed E-state index contributed by atoms with van der Waals surface area (Å²) < 4.78 is 29.1. The van der Waals surface area contributed by atoms with E-state index in [9.17, 15) is 13.6 Å². The zero-order valence-corrected chi connectivity index (χ0v) is 14.5. The molecule has 27 heavy (non-hydrogen) atoms. The SMILES string of the molecule is Nc1nc2ccc(-c3c(Cl)c(F)cc4[nH]ncc34)cn2c1C(=O)[C@@H]1C[C@@H]1F. The number of aromatic nitrogens is 4. The smallest absolute Gasteiger partial charge is 0.189 e. The number of imidazole rings is 1. The van der Waals surface area contributed by atoms with Gasteiger partial charge in [0.05, 0.1) is 22.7 Å². The number of hydrogen-bond acceptors (Lipinski definition) is 4. The van der Waals surface area contributed by atoms with Crippen molar-refractivity contribution in [3.8, 4) is 11.1 Å². The number of aromatic amines is 1. The van der Waals surface area contributed by atoms with Crippen LogP contribution in [-0.2, 0) is 0 Å². The van der Waals surface area contributed by atoms with Crippen LogP contribution < -0.4 is 5.73 Å². The Morgan fingerprint density at radius 2 is 2.19 bits per heavy atom. The maximum atomic E-state index is 14.2. The number of nitrogens with one attached hydrogen (secondary N) is 1. The minimum Gasteiger partial charge on any atom is -0.382 e. The predicted octanol–water partition coefficient (Wildman–Crippen LogP) is 3.79. The van der Waals surface area contributed by atoms with Crippen LogP contribution in [0.1, 0.15) is 16.9 Å². The van der Waals surface area contributed by atoms with Crippen LogP contribution in [0.4, 0.5) is 14.6 Å². The molecule has 1 aliphatic carbocycles. The van der Waals surface area contributed by atoms with Gasteiger partial charge in [0, 0.05) is 28.8 Å². The van der Waals surface area contributed by atoms with Gasteiger partial charge in [-0.15, -0.1) is 0 Å². The Bertz CT molecular complexity index is 1250. The third kappa shape index (κ3) is 2.33. The van der Waals surface area contributed by atoms with Crippen LogP contribution in [0.25, 0.3) is 27.7 Å². The molecule has 3 N–H and O–H groups in total. The number of ketones is 1. The van der Waals surface area contributed by atoms with E-state index in [0.29, 0.717) is 27.7 Å². The first kappa shape index (κ1) is 16.2. The molecule has 0 spiro atoms. The first-order valence-corrected chi connectivity index (χ1v) is 8.61. The van der Waals surface area contributed by atoms with Gasteiger partial charge in [0.25, 0.3) is 0 Å². The fourth-order valence-corrected chi connectivity index (χ4v) is 3.65. The number of Topliss-reactive ketones (excluding diaryl/α,β-unsaturated/α-hetero) is 1. The standard InChI is InChI=1S/C18H12ClF2N5O/c19-15-11(21)4-12-9(5-23-25-12)14(15)7-1-2-13-24-18(22)16(26(13)6-7)17(27)8-3-10(8)20/h1-2,4-6,8,10H,3,22H2,(H,23,25)/t8-,10+/m1/s1. The third-order valence-corrected chi connectivity index (χ3v) is 5.22. The van der Waals surface area contributed by atoms with Crippen LogP contribution in [0.15, 0.2) is 30.6 Å². The Kier molecular flexibility index (Phi) is 3.30. The highest BCUT2D eigenvalue weighted by molar-refractivity contribution is 6.35. The summed E-state index contributed by atoms with van der Waals surface area (Å²) in [7, 11) is 0. The Labute approximate surface area is 155 Å². The van der Waals surface area contributed by atoms with Gasteiger partial charge in [-0.2, -0.15) is 5.10 Å². The van der Waals surface area contributed by atoms with Gasteiger partial charge in [-0.05, 0) is 18.6 Å². The number of halogens is 3. The van der Waals surface area contributed by atoms with Gasteiger partial charge < -0.3 is 5.73 Å². The number of anilines is 1. The third-order valence-electron chi connectivity index (χ3n) is 4.86. The molecule has 0 saturated heterocycles. The van der Waals surface area contributed by atoms with E-state index in [-0.39, 0.29) is 28.7 Å². The largest absolute Gasteiger partial charge is 0.382 e. The van der Waals surface area contributed by atoms with Crippen LogP contribution in [0, 0.1) is 11.7 Å². The number of nitrogens with two attached hydrogens (primary N) is 1. The lowest BCUT2D eigenvalue weighted by molar-refractivity contribution is 0.0952. The molecule has 4 aromatic rings. The van der Waals surface area contributed by atoms with Gasteiger partial charge in [-0.3, -0.25) is 14.3 Å². The zero-order chi connectivity index (χ0) is 18.9. The van der Waals surface area contributed by atoms with E-state index < -0.39 is 17.9 Å². The highest BCUT2D eigenvalue weighted by Crippen LogP contribution is 2.39. The van der Waals surface area contributed by atoms with Crippen molar-refractivity contribution < 1.29 is 13.6 Å². The van der Waals surface area contributed by atoms with Crippen LogP contribution in [0.3, 0.4) is 0 Å². The molecular weight excluding hydrogens is 376 g/mol. The molecule has 2 atom stereocenters. The molecule has 0 bridgehead atoms. The molecular formula is C18H12ClF2N5O. The van der Waals surface area contributed by atoms with Crippen molar-refractivity contribution in [1.82, 2.24) is 19.6 Å². The van der Waals surface area contributed by atoms with E-state index in [1.165, 1.54) is 10.5 Å². The molecule has 6 nitrogen and oxygen atoms in total. The van der Waals surface area contributed by atoms with Crippen LogP contribution in [0.5, 0.6) is 0 Å². The summed E-state index contributed by atoms with van der Waals surface area (Å²) in [6.07, 6.45) is 2.20. The van der Waals surface area contributed by atoms with Crippen molar-refractivity contribution in [2.75, 3.05) is 5.73 Å². The Morgan fingerprint density at radius 3 is 2.93 bits per heavy atom. The number of benzene rings is 1. The molecule has 0 unspecified atom stereocenters. The van der Waals surface area contributed by atoms with Gasteiger partial charge in [0.1, 0.15) is 23.3 Å². The second-order valence-electron chi connectivity index (χ2n) is 6.59. The lowest BCUT2D eigenvalue weighted by Gasteiger charge is -2.09. The van der Waals surface area contributed by atoms with E-state index >= 15 is 0 Å². The molecule has 3 heterocycles. The maximum absolute atomic E-state index is 14.2. The number of alkyl halides is 1. The molecule has 0 radical (unpaired) electrons. The minimum absolute atomic E-state index is 0.0371. The summed E-state index contributed by atoms with van der Waals surface area (Å²) in [5, 5.41) is 7.22. The van der Waals surface area contributed by atoms with E-state index in [1.54, 1.807) is 24.5 Å². The minimum atomic E-state index is -1.14. The lowest BCUT2D eigenvalue weighted by Crippen LogP contribution is -2.10. The molecule has 1 fully saturated rings. The highest BCUT2D eigenvalue weighted by atomic mass is 35.5. The highest BCUT2D eigenvalue weighted by Gasteiger charge is 2.45. The Hall–Kier alpha value is -3.00. The molecule has 5 rings (SSSR count). The van der Waals surface area contributed by atoms with E-state index in [1.807, 2.05) is 0 Å². The molecule has 1 aliphatic rings. The fraction of sp³-hybridized carbons (Fsp3) is 0.167. The van der Waals surface area contributed by atoms with Crippen molar-refractivity contribution in [3.05, 3.63) is 47.1 Å². The van der Waals surface area contributed by atoms with Gasteiger partial charge in [-0.1, -0.05) is 11.6 Å². The average Bonchev–Trinajstić information content (AvgIpc) is 3.04. The normalized spacial score (nSPS) is 19.1. The summed E-state index contributed by atoms with van der Waals surface area (Å²) in [5.41, 5.74) is 7.95. The second-order valence-corrected chi connectivity index (χ2v) is 6.97. The number of pyridine rings is 1. The summed E-state index contributed by atoms with van der Waals surface area (Å²) in [6.45, 7) is 0. The monoisotopic (exact) mass is 387 g/mol. The number of carbonyl (C=O) groups is 1. The van der Waals surface area contributed by atoms with Crippen molar-refractivity contribution in [1.29, 1.82) is 0 Å². The maximum Gasteiger partial charge on any atom is 0.189 e. The summed E-state index contributed by atoms with van der Waals surface area (Å²) in [5.74, 6) is -1.63. The number of carbonyl (C=O) groups excluding carboxylic acids is 1. The quantitative estimate of drug-likeness (QED) is 0.523. The molecule has 9 heteroatoms. The number of fused-ring (bicyclic) bond motifs is 2. The van der Waals surface area contributed by atoms with E-state index in [2.05, 4.69) is 15.2 Å². The van der Waals surface area contributed by atoms with Gasteiger partial charge in [0.2, 0.25) is 0 Å². The van der Waals surface area contributed by atoms with Crippen molar-refractivity contribution >= 4 is 39.8 Å². The molecule has 3 aromatic heterocycles. The molecule has 1 saturated carbocycles. The van der Waals surface area contributed by atoms with Crippen LogP contribution in [-0.4, -0.2) is 31.5 Å². The van der Waals surface area contributed by atoms with Gasteiger partial charge >= 0.3 is 0 Å². The van der Waals surface area contributed by atoms with E-state index in [0.717, 1.165) is 0 Å². The summed E-state index contributed by atoms with van der Waals surface area (Å²) in [4.78, 5) is 16.7. The molecule has 0 aliphatic heterocycles. The topological polar surface area (TPSA) is 89.1 Å². The number of H-pyrrole nitrogens is 1. The average molecular weight is 388 g/mol. The van der Waals surface area contributed by atoms with Crippen molar-refractivity contribution in [3.63, 3.8) is 0 Å². The Balaban J connectivity index is 1.75. The number of nitrogens with zero attached hydrogens (tertiary/aromatic N) is 3. The fourth-order valence-electron chi connectivity index (χ4n) is 3.38. The van der Waals surface area contributed by atoms with E-state index in [4.69, 9.17) is 17.3 Å². The lowest BCUT2D eigenvalue weighted by atomic mass is 10.0. The molecule has 136 valence electrons. The predicted molar refractivity (Wildman–Crippen MR) is 97.0 cm³/mol. The number of nitrogen functional groups attached to an aromatic ring is 1. The van der Waals surface area contributed by atoms with Crippen molar-refractivity contribution in [2.24, 2.45) is 5.92 Å². The first-order chi connectivity index (χ1) is 13.0. The van der Waals surface area contributed by atoms with Gasteiger partial charge in [-0.25, -0.2) is 13.8 Å². The molecule has 1 aromatic carbocycles. The van der Waals surface area contributed by atoms with Gasteiger partial charge in [0.15, 0.2) is 11.6 Å². The van der Waals surface area contributed by atoms with Crippen LogP contribution >= 0.6 is 11.6 Å². The zero-order valence-electron chi connectivity index (χ0n) is 13.7. The first-order valence-electron chi connectivity index (χ1n) is 8.23. The second kappa shape index (κ2) is 5.50. The molecule has 0 amide bonds. The Morgan fingerprint density at radius 1 is 1.41 bits per heavy atom.